The molecule has 3 N–H and O–H groups in total. The molecule has 7 heteroatoms. The second-order valence-corrected chi connectivity index (χ2v) is 4.68. The molecule has 6 nitrogen and oxygen atoms in total. The van der Waals surface area contributed by atoms with E-state index in [-0.39, 0.29) is 11.7 Å². The Hall–Kier alpha value is -1.60. The maximum atomic E-state index is 11.2. The number of nitrogens with two attached hydrogens (primary N) is 1. The zero-order chi connectivity index (χ0) is 12.4. The lowest BCUT2D eigenvalue weighted by Crippen LogP contribution is -2.12. The lowest BCUT2D eigenvalue weighted by atomic mass is 10.2. The van der Waals surface area contributed by atoms with E-state index in [2.05, 4.69) is 15.2 Å². The minimum Gasteiger partial charge on any atom is -0.324 e. The first-order valence-corrected chi connectivity index (χ1v) is 5.90. The fraction of sp³-hybridized carbons (Fsp3) is 0.300. The summed E-state index contributed by atoms with van der Waals surface area (Å²) in [6.45, 7) is 1.90. The highest BCUT2D eigenvalue weighted by Crippen LogP contribution is 2.23. The quantitative estimate of drug-likeness (QED) is 0.837. The van der Waals surface area contributed by atoms with Gasteiger partial charge in [0, 0.05) is 19.3 Å². The molecular formula is C10H13N5OS. The van der Waals surface area contributed by atoms with Crippen LogP contribution in [0.4, 0.5) is 0 Å². The van der Waals surface area contributed by atoms with Crippen LogP contribution < -0.4 is 11.4 Å². The van der Waals surface area contributed by atoms with Gasteiger partial charge in [0.05, 0.1) is 0 Å². The van der Waals surface area contributed by atoms with Crippen LogP contribution in [0.2, 0.25) is 0 Å². The molecule has 17 heavy (non-hydrogen) atoms. The van der Waals surface area contributed by atoms with Crippen molar-refractivity contribution in [3.63, 3.8) is 0 Å². The van der Waals surface area contributed by atoms with Crippen molar-refractivity contribution in [3.8, 4) is 0 Å². The van der Waals surface area contributed by atoms with Gasteiger partial charge in [-0.05, 0) is 30.3 Å². The molecule has 2 rings (SSSR count). The zero-order valence-electron chi connectivity index (χ0n) is 9.54. The number of nitrogens with zero attached hydrogens (tertiary/aromatic N) is 3. The van der Waals surface area contributed by atoms with Crippen molar-refractivity contribution >= 4 is 11.8 Å². The summed E-state index contributed by atoms with van der Waals surface area (Å²) in [6, 6.07) is 3.75. The summed E-state index contributed by atoms with van der Waals surface area (Å²) < 4.78 is 1.44. The Labute approximate surface area is 102 Å². The van der Waals surface area contributed by atoms with Gasteiger partial charge in [-0.3, -0.25) is 4.57 Å². The number of H-pyrrole nitrogens is 1. The Morgan fingerprint density at radius 1 is 1.53 bits per heavy atom. The van der Waals surface area contributed by atoms with Gasteiger partial charge in [0.15, 0.2) is 5.16 Å². The molecule has 0 aliphatic carbocycles. The van der Waals surface area contributed by atoms with Crippen molar-refractivity contribution in [1.82, 2.24) is 19.7 Å². The van der Waals surface area contributed by atoms with Gasteiger partial charge in [0.25, 0.3) is 0 Å². The first-order chi connectivity index (χ1) is 8.08. The predicted molar refractivity (Wildman–Crippen MR) is 64.8 cm³/mol. The Morgan fingerprint density at radius 3 is 2.76 bits per heavy atom. The van der Waals surface area contributed by atoms with E-state index in [0.29, 0.717) is 5.16 Å². The second-order valence-electron chi connectivity index (χ2n) is 3.69. The normalized spacial score (nSPS) is 12.6. The predicted octanol–water partition coefficient (Wildman–Crippen LogP) is 0.674. The fourth-order valence-corrected chi connectivity index (χ4v) is 1.98. The van der Waals surface area contributed by atoms with E-state index in [0.717, 1.165) is 10.6 Å². The minimum atomic E-state index is -0.236. The molecule has 0 unspecified atom stereocenters. The van der Waals surface area contributed by atoms with Gasteiger partial charge < -0.3 is 5.73 Å². The largest absolute Gasteiger partial charge is 0.343 e. The van der Waals surface area contributed by atoms with Gasteiger partial charge in [0.1, 0.15) is 5.03 Å². The number of nitrogens with one attached hydrogen (secondary N) is 1. The molecule has 2 heterocycles. The van der Waals surface area contributed by atoms with Crippen LogP contribution in [-0.4, -0.2) is 19.7 Å². The molecule has 0 aliphatic heterocycles. The van der Waals surface area contributed by atoms with E-state index >= 15 is 0 Å². The maximum absolute atomic E-state index is 11.2. The van der Waals surface area contributed by atoms with Crippen molar-refractivity contribution in [1.29, 1.82) is 0 Å². The molecule has 0 aromatic carbocycles. The van der Waals surface area contributed by atoms with Gasteiger partial charge in [-0.1, -0.05) is 6.07 Å². The van der Waals surface area contributed by atoms with E-state index in [1.54, 1.807) is 13.2 Å². The average molecular weight is 251 g/mol. The van der Waals surface area contributed by atoms with Crippen LogP contribution in [0, 0.1) is 0 Å². The van der Waals surface area contributed by atoms with E-state index in [1.807, 2.05) is 19.1 Å². The summed E-state index contributed by atoms with van der Waals surface area (Å²) >= 11 is 1.32. The molecule has 0 aliphatic rings. The Bertz CT molecular complexity index is 557. The summed E-state index contributed by atoms with van der Waals surface area (Å²) in [5.41, 5.74) is 6.47. The van der Waals surface area contributed by atoms with Crippen LogP contribution in [0.3, 0.4) is 0 Å². The summed E-state index contributed by atoms with van der Waals surface area (Å²) in [5.74, 6) is 0. The van der Waals surface area contributed by atoms with Crippen molar-refractivity contribution in [2.75, 3.05) is 0 Å². The summed E-state index contributed by atoms with van der Waals surface area (Å²) in [5, 5.41) is 7.62. The molecule has 90 valence electrons. The van der Waals surface area contributed by atoms with Crippen molar-refractivity contribution in [2.24, 2.45) is 12.8 Å². The van der Waals surface area contributed by atoms with E-state index in [9.17, 15) is 4.79 Å². The molecule has 0 amide bonds. The number of hydrogen-bond acceptors (Lipinski definition) is 5. The molecule has 0 bridgehead atoms. The smallest absolute Gasteiger partial charge is 0.324 e. The monoisotopic (exact) mass is 251 g/mol. The Kier molecular flexibility index (Phi) is 3.30. The molecule has 1 atom stereocenters. The van der Waals surface area contributed by atoms with Gasteiger partial charge in [-0.25, -0.2) is 14.9 Å². The molecule has 0 spiro atoms. The highest BCUT2D eigenvalue weighted by molar-refractivity contribution is 7.99. The molecule has 0 fully saturated rings. The SMILES string of the molecule is C[C@H](N)c1ccc(Sc2n[nH]c(=O)n2C)nc1. The highest BCUT2D eigenvalue weighted by atomic mass is 32.2. The number of aromatic amines is 1. The molecule has 2 aromatic heterocycles. The number of pyridine rings is 1. The number of hydrogen-bond donors (Lipinski definition) is 2. The standard InChI is InChI=1S/C10H13N5OS/c1-6(11)7-3-4-8(12-5-7)17-10-14-13-9(16)15(10)2/h3-6H,11H2,1-2H3,(H,13,16)/t6-/m0/s1. The van der Waals surface area contributed by atoms with Gasteiger partial charge in [-0.15, -0.1) is 5.10 Å². The number of rotatable bonds is 3. The fourth-order valence-electron chi connectivity index (χ4n) is 1.24. The summed E-state index contributed by atoms with van der Waals surface area (Å²) in [6.07, 6.45) is 1.73. The maximum Gasteiger partial charge on any atom is 0.343 e. The lowest BCUT2D eigenvalue weighted by molar-refractivity contribution is 0.764. The third-order valence-corrected chi connectivity index (χ3v) is 3.32. The van der Waals surface area contributed by atoms with Crippen molar-refractivity contribution in [3.05, 3.63) is 34.4 Å². The summed E-state index contributed by atoms with van der Waals surface area (Å²) in [7, 11) is 1.66. The molecule has 0 radical (unpaired) electrons. The highest BCUT2D eigenvalue weighted by Gasteiger charge is 2.07. The van der Waals surface area contributed by atoms with Gasteiger partial charge >= 0.3 is 5.69 Å². The second kappa shape index (κ2) is 4.72. The van der Waals surface area contributed by atoms with Gasteiger partial charge in [0.2, 0.25) is 0 Å². The van der Waals surface area contributed by atoms with E-state index in [1.165, 1.54) is 16.3 Å². The third-order valence-electron chi connectivity index (χ3n) is 2.32. The lowest BCUT2D eigenvalue weighted by Gasteiger charge is -2.05. The molecule has 0 saturated carbocycles. The van der Waals surface area contributed by atoms with Crippen molar-refractivity contribution in [2.45, 2.75) is 23.1 Å². The first-order valence-electron chi connectivity index (χ1n) is 5.08. The van der Waals surface area contributed by atoms with Crippen LogP contribution in [0.5, 0.6) is 0 Å². The third kappa shape index (κ3) is 2.56. The van der Waals surface area contributed by atoms with Crippen molar-refractivity contribution < 1.29 is 0 Å². The summed E-state index contributed by atoms with van der Waals surface area (Å²) in [4.78, 5) is 15.4. The Balaban J connectivity index is 2.19. The average Bonchev–Trinajstić information content (AvgIpc) is 2.62. The van der Waals surface area contributed by atoms with Crippen LogP contribution in [-0.2, 0) is 7.05 Å². The van der Waals surface area contributed by atoms with E-state index in [4.69, 9.17) is 5.73 Å². The molecule has 2 aromatic rings. The topological polar surface area (TPSA) is 89.6 Å². The van der Waals surface area contributed by atoms with Crippen LogP contribution in [0.1, 0.15) is 18.5 Å². The van der Waals surface area contributed by atoms with Gasteiger partial charge in [-0.2, -0.15) is 0 Å². The number of aromatic nitrogens is 4. The zero-order valence-corrected chi connectivity index (χ0v) is 10.4. The van der Waals surface area contributed by atoms with E-state index < -0.39 is 0 Å². The minimum absolute atomic E-state index is 0.0312. The molecular weight excluding hydrogens is 238 g/mol. The Morgan fingerprint density at radius 2 is 2.29 bits per heavy atom. The van der Waals surface area contributed by atoms with Crippen LogP contribution >= 0.6 is 11.8 Å². The first kappa shape index (κ1) is 11.9. The van der Waals surface area contributed by atoms with Crippen LogP contribution in [0.25, 0.3) is 0 Å². The molecule has 0 saturated heterocycles. The van der Waals surface area contributed by atoms with Crippen LogP contribution in [0.15, 0.2) is 33.3 Å².